The summed E-state index contributed by atoms with van der Waals surface area (Å²) in [6.45, 7) is 0.613. The number of carbonyl (C=O) groups is 2. The van der Waals surface area contributed by atoms with E-state index in [9.17, 15) is 19.8 Å². The summed E-state index contributed by atoms with van der Waals surface area (Å²) in [6.07, 6.45) is -1.78. The molecule has 0 saturated carbocycles. The monoisotopic (exact) mass is 478 g/mol. The smallest absolute Gasteiger partial charge is 0.256 e. The first kappa shape index (κ1) is 20.4. The van der Waals surface area contributed by atoms with E-state index < -0.39 is 18.4 Å². The summed E-state index contributed by atoms with van der Waals surface area (Å²) in [4.78, 5) is 28.0. The van der Waals surface area contributed by atoms with Gasteiger partial charge >= 0.3 is 0 Å². The predicted molar refractivity (Wildman–Crippen MR) is 135 cm³/mol. The van der Waals surface area contributed by atoms with Crippen LogP contribution in [0.1, 0.15) is 38.3 Å². The van der Waals surface area contributed by atoms with Crippen LogP contribution in [-0.4, -0.2) is 52.0 Å². The SMILES string of the molecule is O=C1NCc2ccc3c4ccc5c6c(ccc(c7ccc1c2c37)c64)C(=O)N(C1CC(O)[C@@H](CO)O1)C5. The molecular formula is C29H22N2O5. The molecule has 2 unspecified atom stereocenters. The van der Waals surface area contributed by atoms with Gasteiger partial charge < -0.3 is 25.2 Å². The van der Waals surface area contributed by atoms with Gasteiger partial charge in [-0.2, -0.15) is 0 Å². The van der Waals surface area contributed by atoms with Crippen LogP contribution < -0.4 is 5.32 Å². The van der Waals surface area contributed by atoms with E-state index in [1.165, 1.54) is 0 Å². The molecule has 178 valence electrons. The van der Waals surface area contributed by atoms with E-state index in [-0.39, 0.29) is 24.8 Å². The third-order valence-electron chi connectivity index (χ3n) is 8.32. The van der Waals surface area contributed by atoms with Crippen LogP contribution in [-0.2, 0) is 17.8 Å². The maximum atomic E-state index is 13.7. The van der Waals surface area contributed by atoms with Crippen LogP contribution in [0.25, 0.3) is 43.1 Å². The van der Waals surface area contributed by atoms with Gasteiger partial charge in [0.2, 0.25) is 0 Å². The largest absolute Gasteiger partial charge is 0.394 e. The Morgan fingerprint density at radius 2 is 1.44 bits per heavy atom. The Labute approximate surface area is 205 Å². The molecule has 3 atom stereocenters. The normalized spacial score (nSPS) is 23.5. The molecule has 0 aromatic heterocycles. The molecule has 0 radical (unpaired) electrons. The summed E-state index contributed by atoms with van der Waals surface area (Å²) in [5.74, 6) is -0.176. The van der Waals surface area contributed by atoms with Gasteiger partial charge in [-0.3, -0.25) is 9.59 Å². The quantitative estimate of drug-likeness (QED) is 0.267. The molecule has 1 saturated heterocycles. The van der Waals surface area contributed by atoms with Crippen molar-refractivity contribution >= 4 is 54.9 Å². The second-order valence-electron chi connectivity index (χ2n) is 10.1. The zero-order valence-electron chi connectivity index (χ0n) is 19.2. The Morgan fingerprint density at radius 3 is 2.11 bits per heavy atom. The van der Waals surface area contributed by atoms with Gasteiger partial charge in [-0.05, 0) is 55.6 Å². The minimum absolute atomic E-state index is 0.0457. The average molecular weight is 479 g/mol. The first-order chi connectivity index (χ1) is 17.5. The lowest BCUT2D eigenvalue weighted by atomic mass is 9.82. The highest BCUT2D eigenvalue weighted by molar-refractivity contribution is 6.36. The van der Waals surface area contributed by atoms with Crippen molar-refractivity contribution in [2.45, 2.75) is 37.9 Å². The molecule has 3 aliphatic heterocycles. The number of aliphatic hydroxyl groups is 2. The average Bonchev–Trinajstić information content (AvgIpc) is 3.28. The highest BCUT2D eigenvalue weighted by Crippen LogP contribution is 2.46. The van der Waals surface area contributed by atoms with Crippen LogP contribution in [0, 0.1) is 0 Å². The molecule has 0 bridgehead atoms. The number of amides is 2. The molecule has 7 nitrogen and oxygen atoms in total. The number of nitrogens with one attached hydrogen (secondary N) is 1. The number of hydrogen-bond donors (Lipinski definition) is 3. The van der Waals surface area contributed by atoms with Crippen LogP contribution in [0.5, 0.6) is 0 Å². The lowest BCUT2D eigenvalue weighted by Gasteiger charge is -2.34. The van der Waals surface area contributed by atoms with Crippen molar-refractivity contribution in [3.63, 3.8) is 0 Å². The van der Waals surface area contributed by atoms with Gasteiger partial charge in [0.1, 0.15) is 12.3 Å². The van der Waals surface area contributed by atoms with Crippen molar-refractivity contribution in [3.05, 3.63) is 70.8 Å². The Hall–Kier alpha value is -3.78. The fraction of sp³-hybridized carbons (Fsp3) is 0.241. The lowest BCUT2D eigenvalue weighted by Crippen LogP contribution is -2.42. The molecule has 8 rings (SSSR count). The molecule has 5 aromatic rings. The minimum Gasteiger partial charge on any atom is -0.394 e. The van der Waals surface area contributed by atoms with Crippen molar-refractivity contribution in [2.75, 3.05) is 6.61 Å². The van der Waals surface area contributed by atoms with Crippen LogP contribution in [0.4, 0.5) is 0 Å². The molecule has 7 heteroatoms. The molecule has 1 fully saturated rings. The van der Waals surface area contributed by atoms with Gasteiger partial charge in [0.05, 0.1) is 12.7 Å². The zero-order chi connectivity index (χ0) is 24.3. The minimum atomic E-state index is -0.801. The number of hydrogen-bond acceptors (Lipinski definition) is 5. The van der Waals surface area contributed by atoms with E-state index in [4.69, 9.17) is 4.74 Å². The van der Waals surface area contributed by atoms with Crippen LogP contribution in [0.3, 0.4) is 0 Å². The molecule has 3 N–H and O–H groups in total. The molecule has 0 aliphatic carbocycles. The summed E-state index contributed by atoms with van der Waals surface area (Å²) in [6, 6.07) is 16.3. The van der Waals surface area contributed by atoms with Gasteiger partial charge in [-0.15, -0.1) is 0 Å². The molecule has 3 heterocycles. The number of carbonyl (C=O) groups excluding carboxylic acids is 2. The number of nitrogens with zero attached hydrogens (tertiary/aromatic N) is 1. The Morgan fingerprint density at radius 1 is 0.833 bits per heavy atom. The van der Waals surface area contributed by atoms with Crippen LogP contribution in [0.2, 0.25) is 0 Å². The van der Waals surface area contributed by atoms with Crippen molar-refractivity contribution in [1.29, 1.82) is 0 Å². The maximum Gasteiger partial charge on any atom is 0.256 e. The second-order valence-corrected chi connectivity index (χ2v) is 10.1. The third kappa shape index (κ3) is 2.42. The van der Waals surface area contributed by atoms with Crippen LogP contribution in [0.15, 0.2) is 48.5 Å². The molecule has 3 aliphatic rings. The van der Waals surface area contributed by atoms with Gasteiger partial charge in [-0.25, -0.2) is 0 Å². The number of ether oxygens (including phenoxy) is 1. The first-order valence-corrected chi connectivity index (χ1v) is 12.3. The molecular weight excluding hydrogens is 456 g/mol. The topological polar surface area (TPSA) is 99.1 Å². The van der Waals surface area contributed by atoms with E-state index in [0.717, 1.165) is 54.2 Å². The molecule has 36 heavy (non-hydrogen) atoms. The highest BCUT2D eigenvalue weighted by atomic mass is 16.5. The van der Waals surface area contributed by atoms with Gasteiger partial charge in [-0.1, -0.05) is 36.4 Å². The number of benzene rings is 5. The van der Waals surface area contributed by atoms with Crippen molar-refractivity contribution < 1.29 is 24.5 Å². The standard InChI is InChI=1S/C29H22N2O5/c32-12-22-21(33)9-23(36-22)31-11-14-2-4-16-15-3-1-13-10-30-28(34)19-7-5-17(26(15)24(13)19)18-6-8-20(29(31)35)25(14)27(16)18/h1-8,21-23,32-33H,9-12H2,(H,30,34)/t21?,22-,23?/m1/s1. The molecule has 0 spiro atoms. The fourth-order valence-electron chi connectivity index (χ4n) is 6.66. The van der Waals surface area contributed by atoms with E-state index in [0.29, 0.717) is 24.2 Å². The second kappa shape index (κ2) is 6.91. The van der Waals surface area contributed by atoms with Gasteiger partial charge in [0, 0.05) is 41.4 Å². The first-order valence-electron chi connectivity index (χ1n) is 12.3. The summed E-state index contributed by atoms with van der Waals surface area (Å²) < 4.78 is 5.83. The van der Waals surface area contributed by atoms with Crippen molar-refractivity contribution in [1.82, 2.24) is 10.2 Å². The van der Waals surface area contributed by atoms with Crippen LogP contribution >= 0.6 is 0 Å². The lowest BCUT2D eigenvalue weighted by molar-refractivity contribution is -0.0704. The third-order valence-corrected chi connectivity index (χ3v) is 8.32. The van der Waals surface area contributed by atoms with Crippen molar-refractivity contribution in [3.8, 4) is 0 Å². The summed E-state index contributed by atoms with van der Waals surface area (Å²) in [7, 11) is 0. The Bertz CT molecular complexity index is 1770. The fourth-order valence-corrected chi connectivity index (χ4v) is 6.66. The predicted octanol–water partition coefficient (Wildman–Crippen LogP) is 3.40. The number of fused-ring (bicyclic) bond motifs is 2. The summed E-state index contributed by atoms with van der Waals surface area (Å²) in [5.41, 5.74) is 3.47. The van der Waals surface area contributed by atoms with Gasteiger partial charge in [0.25, 0.3) is 11.8 Å². The van der Waals surface area contributed by atoms with Crippen molar-refractivity contribution in [2.24, 2.45) is 0 Å². The molecule has 2 amide bonds. The Kier molecular flexibility index (Phi) is 3.92. The van der Waals surface area contributed by atoms with Gasteiger partial charge in [0.15, 0.2) is 0 Å². The zero-order valence-corrected chi connectivity index (χ0v) is 19.2. The van der Waals surface area contributed by atoms with E-state index in [1.807, 2.05) is 24.3 Å². The molecule has 5 aromatic carbocycles. The van der Waals surface area contributed by atoms with E-state index >= 15 is 0 Å². The van der Waals surface area contributed by atoms with E-state index in [2.05, 4.69) is 29.6 Å². The maximum absolute atomic E-state index is 13.7. The highest BCUT2D eigenvalue weighted by Gasteiger charge is 2.41. The Balaban J connectivity index is 1.39. The number of aliphatic hydroxyl groups excluding tert-OH is 2. The summed E-state index contributed by atoms with van der Waals surface area (Å²) >= 11 is 0. The summed E-state index contributed by atoms with van der Waals surface area (Å²) in [5, 5.41) is 31.1. The number of rotatable bonds is 2. The van der Waals surface area contributed by atoms with E-state index in [1.54, 1.807) is 4.90 Å².